The number of nitrogens with one attached hydrogen (secondary N) is 1. The Morgan fingerprint density at radius 2 is 2.26 bits per heavy atom. The van der Waals surface area contributed by atoms with E-state index in [4.69, 9.17) is 21.4 Å². The summed E-state index contributed by atoms with van der Waals surface area (Å²) in [4.78, 5) is 1.14. The standard InChI is InChI=1S/C14H22ClNO2S/c1-11(5-7-17)19-13-4-3-12(14(15)9-13)10-16-6-8-18-2/h3-4,9,11,16-17H,5-8,10H2,1-2H3. The number of ether oxygens (including phenoxy) is 1. The molecule has 108 valence electrons. The Labute approximate surface area is 124 Å². The Hall–Kier alpha value is -0.260. The summed E-state index contributed by atoms with van der Waals surface area (Å²) in [5, 5.41) is 13.3. The number of aliphatic hydroxyl groups excluding tert-OH is 1. The van der Waals surface area contributed by atoms with Crippen LogP contribution in [-0.2, 0) is 11.3 Å². The van der Waals surface area contributed by atoms with Crippen LogP contribution >= 0.6 is 23.4 Å². The highest BCUT2D eigenvalue weighted by Gasteiger charge is 2.06. The zero-order valence-corrected chi connectivity index (χ0v) is 13.1. The van der Waals surface area contributed by atoms with Crippen LogP contribution in [0.1, 0.15) is 18.9 Å². The highest BCUT2D eigenvalue weighted by atomic mass is 35.5. The second-order valence-electron chi connectivity index (χ2n) is 4.36. The third kappa shape index (κ3) is 6.63. The Morgan fingerprint density at radius 1 is 1.47 bits per heavy atom. The van der Waals surface area contributed by atoms with Crippen molar-refractivity contribution in [3.63, 3.8) is 0 Å². The molecular weight excluding hydrogens is 282 g/mol. The van der Waals surface area contributed by atoms with Gasteiger partial charge in [-0.2, -0.15) is 0 Å². The molecule has 5 heteroatoms. The fourth-order valence-electron chi connectivity index (χ4n) is 1.62. The van der Waals surface area contributed by atoms with Gasteiger partial charge in [0.2, 0.25) is 0 Å². The number of benzene rings is 1. The molecule has 0 aliphatic rings. The second kappa shape index (κ2) is 9.61. The average Bonchev–Trinajstić information content (AvgIpc) is 2.37. The lowest BCUT2D eigenvalue weighted by Gasteiger charge is -2.11. The predicted octanol–water partition coefficient (Wildman–Crippen LogP) is 2.94. The lowest BCUT2D eigenvalue weighted by Crippen LogP contribution is -2.18. The zero-order chi connectivity index (χ0) is 14.1. The molecule has 0 spiro atoms. The van der Waals surface area contributed by atoms with Gasteiger partial charge < -0.3 is 15.2 Å². The van der Waals surface area contributed by atoms with Crippen LogP contribution in [0.2, 0.25) is 5.02 Å². The maximum Gasteiger partial charge on any atom is 0.0587 e. The minimum absolute atomic E-state index is 0.226. The van der Waals surface area contributed by atoms with E-state index in [-0.39, 0.29) is 6.61 Å². The van der Waals surface area contributed by atoms with Crippen molar-refractivity contribution < 1.29 is 9.84 Å². The molecule has 19 heavy (non-hydrogen) atoms. The third-order valence-electron chi connectivity index (χ3n) is 2.70. The summed E-state index contributed by atoms with van der Waals surface area (Å²) in [6, 6.07) is 6.13. The van der Waals surface area contributed by atoms with Crippen LogP contribution in [0.25, 0.3) is 0 Å². The van der Waals surface area contributed by atoms with E-state index in [0.29, 0.717) is 11.9 Å². The Morgan fingerprint density at radius 3 is 2.89 bits per heavy atom. The largest absolute Gasteiger partial charge is 0.396 e. The summed E-state index contributed by atoms with van der Waals surface area (Å²) in [7, 11) is 1.69. The molecule has 1 unspecified atom stereocenters. The molecule has 2 N–H and O–H groups in total. The first kappa shape index (κ1) is 16.8. The maximum atomic E-state index is 8.90. The van der Waals surface area contributed by atoms with Crippen LogP contribution in [0.15, 0.2) is 23.1 Å². The molecule has 0 aromatic heterocycles. The zero-order valence-electron chi connectivity index (χ0n) is 11.5. The summed E-state index contributed by atoms with van der Waals surface area (Å²) in [5.41, 5.74) is 1.09. The minimum atomic E-state index is 0.226. The van der Waals surface area contributed by atoms with Gasteiger partial charge in [-0.05, 0) is 24.1 Å². The third-order valence-corrected chi connectivity index (χ3v) is 4.21. The first-order chi connectivity index (χ1) is 9.17. The van der Waals surface area contributed by atoms with Crippen LogP contribution < -0.4 is 5.32 Å². The van der Waals surface area contributed by atoms with Crippen molar-refractivity contribution in [2.75, 3.05) is 26.9 Å². The monoisotopic (exact) mass is 303 g/mol. The van der Waals surface area contributed by atoms with Gasteiger partial charge in [0.05, 0.1) is 6.61 Å². The molecular formula is C14H22ClNO2S. The molecule has 0 radical (unpaired) electrons. The van der Waals surface area contributed by atoms with Crippen molar-refractivity contribution in [2.24, 2.45) is 0 Å². The molecule has 0 saturated carbocycles. The molecule has 1 aromatic carbocycles. The summed E-state index contributed by atoms with van der Waals surface area (Å²) in [5.74, 6) is 0. The first-order valence-electron chi connectivity index (χ1n) is 6.43. The summed E-state index contributed by atoms with van der Waals surface area (Å²) in [6.45, 7) is 4.60. The van der Waals surface area contributed by atoms with E-state index < -0.39 is 0 Å². The van der Waals surface area contributed by atoms with E-state index in [9.17, 15) is 0 Å². The molecule has 0 aliphatic carbocycles. The quantitative estimate of drug-likeness (QED) is 0.544. The van der Waals surface area contributed by atoms with Crippen molar-refractivity contribution in [3.8, 4) is 0 Å². The molecule has 0 aliphatic heterocycles. The Balaban J connectivity index is 2.49. The van der Waals surface area contributed by atoms with Gasteiger partial charge in [-0.3, -0.25) is 0 Å². The maximum absolute atomic E-state index is 8.90. The van der Waals surface area contributed by atoms with Gasteiger partial charge in [0.15, 0.2) is 0 Å². The number of rotatable bonds is 9. The van der Waals surface area contributed by atoms with Crippen molar-refractivity contribution in [1.82, 2.24) is 5.32 Å². The number of thioether (sulfide) groups is 1. The molecule has 3 nitrogen and oxygen atoms in total. The number of hydrogen-bond acceptors (Lipinski definition) is 4. The first-order valence-corrected chi connectivity index (χ1v) is 7.68. The van der Waals surface area contributed by atoms with Crippen LogP contribution in [0.4, 0.5) is 0 Å². The molecule has 1 rings (SSSR count). The van der Waals surface area contributed by atoms with Crippen LogP contribution in [0, 0.1) is 0 Å². The van der Waals surface area contributed by atoms with Crippen LogP contribution in [-0.4, -0.2) is 37.2 Å². The van der Waals surface area contributed by atoms with Crippen LogP contribution in [0.3, 0.4) is 0 Å². The van der Waals surface area contributed by atoms with E-state index in [0.717, 1.165) is 35.0 Å². The van der Waals surface area contributed by atoms with Crippen molar-refractivity contribution in [2.45, 2.75) is 30.0 Å². The van der Waals surface area contributed by atoms with E-state index >= 15 is 0 Å². The second-order valence-corrected chi connectivity index (χ2v) is 6.28. The number of halogens is 1. The van der Waals surface area contributed by atoms with Crippen molar-refractivity contribution in [3.05, 3.63) is 28.8 Å². The van der Waals surface area contributed by atoms with E-state index in [1.807, 2.05) is 6.07 Å². The van der Waals surface area contributed by atoms with E-state index in [1.165, 1.54) is 0 Å². The van der Waals surface area contributed by atoms with Gasteiger partial charge in [-0.1, -0.05) is 24.6 Å². The lowest BCUT2D eigenvalue weighted by molar-refractivity contribution is 0.199. The summed E-state index contributed by atoms with van der Waals surface area (Å²) < 4.78 is 4.98. The summed E-state index contributed by atoms with van der Waals surface area (Å²) >= 11 is 8.01. The van der Waals surface area contributed by atoms with E-state index in [2.05, 4.69) is 24.4 Å². The highest BCUT2D eigenvalue weighted by Crippen LogP contribution is 2.29. The van der Waals surface area contributed by atoms with Crippen LogP contribution in [0.5, 0.6) is 0 Å². The fourth-order valence-corrected chi connectivity index (χ4v) is 2.95. The molecule has 1 atom stereocenters. The smallest absolute Gasteiger partial charge is 0.0587 e. The van der Waals surface area contributed by atoms with E-state index in [1.54, 1.807) is 18.9 Å². The van der Waals surface area contributed by atoms with Crippen molar-refractivity contribution >= 4 is 23.4 Å². The van der Waals surface area contributed by atoms with Gasteiger partial charge in [-0.25, -0.2) is 0 Å². The number of aliphatic hydroxyl groups is 1. The van der Waals surface area contributed by atoms with Gasteiger partial charge in [-0.15, -0.1) is 11.8 Å². The molecule has 0 fully saturated rings. The van der Waals surface area contributed by atoms with Gasteiger partial charge in [0, 0.05) is 42.0 Å². The van der Waals surface area contributed by atoms with Crippen molar-refractivity contribution in [1.29, 1.82) is 0 Å². The normalized spacial score (nSPS) is 12.6. The number of methoxy groups -OCH3 is 1. The number of hydrogen-bond donors (Lipinski definition) is 2. The SMILES string of the molecule is COCCNCc1ccc(SC(C)CCO)cc1Cl. The van der Waals surface area contributed by atoms with Gasteiger partial charge in [0.1, 0.15) is 0 Å². The predicted molar refractivity (Wildman–Crippen MR) is 82.1 cm³/mol. The molecule has 0 amide bonds. The Kier molecular flexibility index (Phi) is 8.50. The average molecular weight is 304 g/mol. The highest BCUT2D eigenvalue weighted by molar-refractivity contribution is 7.99. The van der Waals surface area contributed by atoms with Gasteiger partial charge in [0.25, 0.3) is 0 Å². The summed E-state index contributed by atoms with van der Waals surface area (Å²) in [6.07, 6.45) is 0.794. The molecule has 0 saturated heterocycles. The fraction of sp³-hybridized carbons (Fsp3) is 0.571. The molecule has 0 bridgehead atoms. The molecule has 0 heterocycles. The van der Waals surface area contributed by atoms with Gasteiger partial charge >= 0.3 is 0 Å². The lowest BCUT2D eigenvalue weighted by atomic mass is 10.2. The topological polar surface area (TPSA) is 41.5 Å². The molecule has 1 aromatic rings. The Bertz CT molecular complexity index is 376. The minimum Gasteiger partial charge on any atom is -0.396 e.